The van der Waals surface area contributed by atoms with E-state index in [4.69, 9.17) is 4.74 Å². The van der Waals surface area contributed by atoms with Crippen molar-refractivity contribution in [2.75, 3.05) is 26.2 Å². The summed E-state index contributed by atoms with van der Waals surface area (Å²) >= 11 is 0. The van der Waals surface area contributed by atoms with E-state index in [2.05, 4.69) is 16.8 Å². The van der Waals surface area contributed by atoms with Gasteiger partial charge in [-0.2, -0.15) is 0 Å². The zero-order chi connectivity index (χ0) is 12.0. The van der Waals surface area contributed by atoms with Gasteiger partial charge in [0.1, 0.15) is 0 Å². The fraction of sp³-hybridized carbons (Fsp3) is 0.750. The lowest BCUT2D eigenvalue weighted by molar-refractivity contribution is 0.136. The number of carbonyl (C=O) groups is 1. The van der Waals surface area contributed by atoms with Gasteiger partial charge in [0, 0.05) is 19.1 Å². The zero-order valence-electron chi connectivity index (χ0n) is 10.3. The normalized spacial score (nSPS) is 21.5. The molecule has 1 heterocycles. The second-order valence-corrected chi connectivity index (χ2v) is 4.40. The van der Waals surface area contributed by atoms with Crippen molar-refractivity contribution >= 4 is 6.09 Å². The highest BCUT2D eigenvalue weighted by atomic mass is 16.5. The third kappa shape index (κ3) is 4.66. The molecule has 0 radical (unpaired) electrons. The summed E-state index contributed by atoms with van der Waals surface area (Å²) in [7, 11) is 0. The predicted molar refractivity (Wildman–Crippen MR) is 64.4 cm³/mol. The van der Waals surface area contributed by atoms with Crippen LogP contribution in [0.3, 0.4) is 0 Å². The summed E-state index contributed by atoms with van der Waals surface area (Å²) in [5.74, 6) is 0. The standard InChI is InChI=1S/C12H22N2O2/c1-4-16-12(15)13-11-6-5-7-14(9-11)8-10(2)3/h11H,2,4-9H2,1,3H3,(H,13,15)/t11-/m1/s1. The van der Waals surface area contributed by atoms with Crippen LogP contribution in [0.5, 0.6) is 0 Å². The Morgan fingerprint density at radius 2 is 2.38 bits per heavy atom. The topological polar surface area (TPSA) is 41.6 Å². The van der Waals surface area contributed by atoms with Gasteiger partial charge in [0.2, 0.25) is 0 Å². The molecule has 1 aliphatic rings. The van der Waals surface area contributed by atoms with Crippen LogP contribution >= 0.6 is 0 Å². The van der Waals surface area contributed by atoms with Gasteiger partial charge in [-0.25, -0.2) is 4.79 Å². The summed E-state index contributed by atoms with van der Waals surface area (Å²) in [6, 6.07) is 0.215. The molecule has 4 nitrogen and oxygen atoms in total. The second-order valence-electron chi connectivity index (χ2n) is 4.40. The van der Waals surface area contributed by atoms with E-state index >= 15 is 0 Å². The van der Waals surface area contributed by atoms with Gasteiger partial charge in [-0.05, 0) is 33.2 Å². The van der Waals surface area contributed by atoms with Crippen LogP contribution in [-0.4, -0.2) is 43.3 Å². The summed E-state index contributed by atoms with van der Waals surface area (Å²) in [6.07, 6.45) is 1.85. The minimum atomic E-state index is -0.301. The van der Waals surface area contributed by atoms with E-state index in [0.717, 1.165) is 38.0 Å². The number of hydrogen-bond donors (Lipinski definition) is 1. The number of ether oxygens (including phenoxy) is 1. The maximum absolute atomic E-state index is 11.3. The lowest BCUT2D eigenvalue weighted by atomic mass is 10.1. The highest BCUT2D eigenvalue weighted by Crippen LogP contribution is 2.11. The van der Waals surface area contributed by atoms with Gasteiger partial charge < -0.3 is 10.1 Å². The number of hydrogen-bond acceptors (Lipinski definition) is 3. The average Bonchev–Trinajstić information content (AvgIpc) is 2.17. The van der Waals surface area contributed by atoms with Gasteiger partial charge >= 0.3 is 6.09 Å². The second kappa shape index (κ2) is 6.53. The maximum Gasteiger partial charge on any atom is 0.407 e. The first-order valence-electron chi connectivity index (χ1n) is 5.91. The van der Waals surface area contributed by atoms with Crippen molar-refractivity contribution in [3.63, 3.8) is 0 Å². The number of rotatable bonds is 4. The molecule has 0 aromatic heterocycles. The first-order valence-corrected chi connectivity index (χ1v) is 5.91. The van der Waals surface area contributed by atoms with Crippen molar-refractivity contribution in [3.05, 3.63) is 12.2 Å². The summed E-state index contributed by atoms with van der Waals surface area (Å²) < 4.78 is 4.87. The molecule has 1 atom stereocenters. The van der Waals surface area contributed by atoms with Crippen molar-refractivity contribution in [1.29, 1.82) is 0 Å². The van der Waals surface area contributed by atoms with Crippen molar-refractivity contribution in [1.82, 2.24) is 10.2 Å². The Kier molecular flexibility index (Phi) is 5.32. The molecule has 4 heteroatoms. The monoisotopic (exact) mass is 226 g/mol. The SMILES string of the molecule is C=C(C)CN1CCC[C@@H](NC(=O)OCC)C1. The molecule has 1 amide bonds. The Labute approximate surface area is 97.6 Å². The molecule has 0 spiro atoms. The van der Waals surface area contributed by atoms with E-state index in [1.165, 1.54) is 0 Å². The number of nitrogens with zero attached hydrogens (tertiary/aromatic N) is 1. The first-order chi connectivity index (χ1) is 7.61. The Morgan fingerprint density at radius 3 is 3.00 bits per heavy atom. The van der Waals surface area contributed by atoms with E-state index < -0.39 is 0 Å². The molecule has 1 saturated heterocycles. The Bertz CT molecular complexity index is 253. The largest absolute Gasteiger partial charge is 0.450 e. The summed E-state index contributed by atoms with van der Waals surface area (Å²) in [6.45, 7) is 11.1. The number of alkyl carbamates (subject to hydrolysis) is 1. The molecule has 0 aromatic carbocycles. The van der Waals surface area contributed by atoms with E-state index in [-0.39, 0.29) is 12.1 Å². The molecule has 0 aromatic rings. The van der Waals surface area contributed by atoms with E-state index in [1.807, 2.05) is 13.8 Å². The summed E-state index contributed by atoms with van der Waals surface area (Å²) in [4.78, 5) is 13.6. The van der Waals surface area contributed by atoms with Crippen molar-refractivity contribution in [2.24, 2.45) is 0 Å². The van der Waals surface area contributed by atoms with Gasteiger partial charge in [0.15, 0.2) is 0 Å². The van der Waals surface area contributed by atoms with Gasteiger partial charge in [-0.1, -0.05) is 12.2 Å². The van der Waals surface area contributed by atoms with Crippen molar-refractivity contribution in [2.45, 2.75) is 32.7 Å². The molecular formula is C12H22N2O2. The molecule has 1 rings (SSSR count). The molecule has 1 aliphatic heterocycles. The first kappa shape index (κ1) is 13.0. The number of likely N-dealkylation sites (tertiary alicyclic amines) is 1. The van der Waals surface area contributed by atoms with E-state index in [9.17, 15) is 4.79 Å². The Hall–Kier alpha value is -1.03. The van der Waals surface area contributed by atoms with Crippen LogP contribution in [0.25, 0.3) is 0 Å². The van der Waals surface area contributed by atoms with Crippen LogP contribution in [0.15, 0.2) is 12.2 Å². The van der Waals surface area contributed by atoms with Crippen LogP contribution in [0, 0.1) is 0 Å². The molecule has 0 unspecified atom stereocenters. The minimum absolute atomic E-state index is 0.215. The Morgan fingerprint density at radius 1 is 1.62 bits per heavy atom. The highest BCUT2D eigenvalue weighted by Gasteiger charge is 2.21. The molecule has 16 heavy (non-hydrogen) atoms. The van der Waals surface area contributed by atoms with E-state index in [0.29, 0.717) is 6.61 Å². The molecule has 0 saturated carbocycles. The number of piperidine rings is 1. The van der Waals surface area contributed by atoms with Crippen molar-refractivity contribution in [3.8, 4) is 0 Å². The van der Waals surface area contributed by atoms with Crippen LogP contribution in [0.2, 0.25) is 0 Å². The Balaban J connectivity index is 2.32. The fourth-order valence-electron chi connectivity index (χ4n) is 2.04. The quantitative estimate of drug-likeness (QED) is 0.743. The van der Waals surface area contributed by atoms with Crippen LogP contribution in [0.4, 0.5) is 4.79 Å². The third-order valence-corrected chi connectivity index (χ3v) is 2.60. The minimum Gasteiger partial charge on any atom is -0.450 e. The molecule has 0 aliphatic carbocycles. The molecule has 0 bridgehead atoms. The maximum atomic E-state index is 11.3. The highest BCUT2D eigenvalue weighted by molar-refractivity contribution is 5.67. The molecular weight excluding hydrogens is 204 g/mol. The lowest BCUT2D eigenvalue weighted by Gasteiger charge is -2.32. The zero-order valence-corrected chi connectivity index (χ0v) is 10.3. The van der Waals surface area contributed by atoms with Gasteiger partial charge in [0.25, 0.3) is 0 Å². The molecule has 92 valence electrons. The van der Waals surface area contributed by atoms with Gasteiger partial charge in [-0.15, -0.1) is 0 Å². The predicted octanol–water partition coefficient (Wildman–Crippen LogP) is 1.77. The number of nitrogens with one attached hydrogen (secondary N) is 1. The number of amides is 1. The molecule has 1 N–H and O–H groups in total. The smallest absolute Gasteiger partial charge is 0.407 e. The molecule has 1 fully saturated rings. The summed E-state index contributed by atoms with van der Waals surface area (Å²) in [5, 5.41) is 2.89. The summed E-state index contributed by atoms with van der Waals surface area (Å²) in [5.41, 5.74) is 1.16. The van der Waals surface area contributed by atoms with Gasteiger partial charge in [0.05, 0.1) is 6.61 Å². The fourth-order valence-corrected chi connectivity index (χ4v) is 2.04. The third-order valence-electron chi connectivity index (χ3n) is 2.60. The number of carbonyl (C=O) groups excluding carboxylic acids is 1. The van der Waals surface area contributed by atoms with Crippen LogP contribution in [0.1, 0.15) is 26.7 Å². The van der Waals surface area contributed by atoms with Crippen LogP contribution in [-0.2, 0) is 4.74 Å². The van der Waals surface area contributed by atoms with Gasteiger partial charge in [-0.3, -0.25) is 4.90 Å². The van der Waals surface area contributed by atoms with Crippen molar-refractivity contribution < 1.29 is 9.53 Å². The van der Waals surface area contributed by atoms with E-state index in [1.54, 1.807) is 0 Å². The van der Waals surface area contributed by atoms with Crippen LogP contribution < -0.4 is 5.32 Å². The lowest BCUT2D eigenvalue weighted by Crippen LogP contribution is -2.48. The average molecular weight is 226 g/mol.